The van der Waals surface area contributed by atoms with Crippen molar-refractivity contribution in [1.82, 2.24) is 4.98 Å². The van der Waals surface area contributed by atoms with Gasteiger partial charge in [0.15, 0.2) is 5.13 Å². The largest absolute Gasteiger partial charge is 0.308 e. The number of fused-ring (bicyclic) bond motifs is 1. The number of nitrogens with one attached hydrogen (secondary N) is 1. The van der Waals surface area contributed by atoms with Crippen LogP contribution in [0.3, 0.4) is 0 Å². The second-order valence-corrected chi connectivity index (χ2v) is 8.84. The quantitative estimate of drug-likeness (QED) is 0.401. The zero-order valence-electron chi connectivity index (χ0n) is 16.3. The van der Waals surface area contributed by atoms with Gasteiger partial charge in [-0.25, -0.2) is 4.98 Å². The summed E-state index contributed by atoms with van der Waals surface area (Å²) < 4.78 is 4.20. The van der Waals surface area contributed by atoms with Gasteiger partial charge in [0.25, 0.3) is 0 Å². The van der Waals surface area contributed by atoms with Crippen molar-refractivity contribution in [2.24, 2.45) is 11.8 Å². The summed E-state index contributed by atoms with van der Waals surface area (Å²) in [4.78, 5) is 4.83. The molecule has 0 bridgehead atoms. The lowest BCUT2D eigenvalue weighted by Crippen LogP contribution is -2.07. The van der Waals surface area contributed by atoms with Crippen molar-refractivity contribution in [3.8, 4) is 0 Å². The summed E-state index contributed by atoms with van der Waals surface area (Å²) in [5.41, 5.74) is 4.19. The van der Waals surface area contributed by atoms with Gasteiger partial charge in [0.05, 0.1) is 10.2 Å². The second-order valence-electron chi connectivity index (χ2n) is 7.58. The van der Waals surface area contributed by atoms with E-state index in [4.69, 9.17) is 4.98 Å². The average molecular weight is 379 g/mol. The number of benzene rings is 1. The fraction of sp³-hybridized carbons (Fsp3) is 0.667. The molecule has 0 radical (unpaired) electrons. The van der Waals surface area contributed by atoms with E-state index in [2.05, 4.69) is 57.4 Å². The summed E-state index contributed by atoms with van der Waals surface area (Å²) in [5, 5.41) is 0.900. The van der Waals surface area contributed by atoms with Gasteiger partial charge in [-0.3, -0.25) is 0 Å². The Kier molecular flexibility index (Phi) is 8.57. The minimum atomic E-state index is 0.712. The van der Waals surface area contributed by atoms with Gasteiger partial charge in [0.1, 0.15) is 0 Å². The first-order valence-electron chi connectivity index (χ1n) is 9.90. The first-order valence-corrected chi connectivity index (χ1v) is 11.2. The summed E-state index contributed by atoms with van der Waals surface area (Å²) >= 11 is 5.89. The Hall–Kier alpha value is -0.740. The number of unbranched alkanes of at least 4 members (excludes halogenated alkanes) is 2. The van der Waals surface area contributed by atoms with Gasteiger partial charge in [-0.05, 0) is 41.9 Å². The Labute approximate surface area is 163 Å². The van der Waals surface area contributed by atoms with Crippen LogP contribution in [-0.4, -0.2) is 4.98 Å². The van der Waals surface area contributed by atoms with E-state index in [1.54, 1.807) is 11.3 Å². The summed E-state index contributed by atoms with van der Waals surface area (Å²) in [7, 11) is 0. The molecule has 1 heterocycles. The minimum Gasteiger partial charge on any atom is -0.308 e. The maximum absolute atomic E-state index is 4.83. The number of thiazole rings is 1. The van der Waals surface area contributed by atoms with E-state index in [0.717, 1.165) is 17.5 Å². The van der Waals surface area contributed by atoms with Gasteiger partial charge in [0.2, 0.25) is 0 Å². The molecule has 2 rings (SSSR count). The van der Waals surface area contributed by atoms with Crippen LogP contribution in [-0.2, 0) is 12.8 Å². The third-order valence-electron chi connectivity index (χ3n) is 5.08. The number of anilines is 1. The third-order valence-corrected chi connectivity index (χ3v) is 6.38. The highest BCUT2D eigenvalue weighted by molar-refractivity contribution is 7.82. The summed E-state index contributed by atoms with van der Waals surface area (Å²) in [6, 6.07) is 4.61. The normalized spacial score (nSPS) is 14.0. The lowest BCUT2D eigenvalue weighted by molar-refractivity contribution is 0.488. The van der Waals surface area contributed by atoms with Gasteiger partial charge in [-0.1, -0.05) is 96.4 Å². The predicted octanol–water partition coefficient (Wildman–Crippen LogP) is 7.29. The number of hydrogen-bond acceptors (Lipinski definition) is 4. The van der Waals surface area contributed by atoms with Crippen molar-refractivity contribution >= 4 is 39.5 Å². The molecule has 2 nitrogen and oxygen atoms in total. The fourth-order valence-corrected chi connectivity index (χ4v) is 4.57. The van der Waals surface area contributed by atoms with Gasteiger partial charge in [0, 0.05) is 0 Å². The number of hydrogen-bond donors (Lipinski definition) is 2. The smallest absolute Gasteiger partial charge is 0.193 e. The van der Waals surface area contributed by atoms with Crippen LogP contribution >= 0.6 is 24.2 Å². The Morgan fingerprint density at radius 1 is 1.04 bits per heavy atom. The molecule has 1 N–H and O–H groups in total. The zero-order chi connectivity index (χ0) is 18.2. The lowest BCUT2D eigenvalue weighted by atomic mass is 9.88. The Bertz CT molecular complexity index is 651. The highest BCUT2D eigenvalue weighted by Crippen LogP contribution is 2.33. The Balaban J connectivity index is 2.29. The van der Waals surface area contributed by atoms with Gasteiger partial charge >= 0.3 is 0 Å². The molecule has 140 valence electrons. The van der Waals surface area contributed by atoms with E-state index >= 15 is 0 Å². The van der Waals surface area contributed by atoms with Gasteiger partial charge in [-0.2, -0.15) is 0 Å². The summed E-state index contributed by atoms with van der Waals surface area (Å²) in [6.07, 6.45) is 10.2. The van der Waals surface area contributed by atoms with Crippen LogP contribution in [0, 0.1) is 11.8 Å². The van der Waals surface area contributed by atoms with Crippen LogP contribution in [0.2, 0.25) is 0 Å². The molecule has 1 aromatic carbocycles. The number of aromatic nitrogens is 1. The van der Waals surface area contributed by atoms with Crippen molar-refractivity contribution in [3.05, 3.63) is 23.3 Å². The molecule has 0 aliphatic heterocycles. The van der Waals surface area contributed by atoms with Gasteiger partial charge in [-0.15, -0.1) is 0 Å². The van der Waals surface area contributed by atoms with Crippen LogP contribution < -0.4 is 4.72 Å². The predicted molar refractivity (Wildman–Crippen MR) is 117 cm³/mol. The highest BCUT2D eigenvalue weighted by Gasteiger charge is 2.16. The summed E-state index contributed by atoms with van der Waals surface area (Å²) in [5.74, 6) is 1.45. The van der Waals surface area contributed by atoms with Crippen LogP contribution in [0.25, 0.3) is 10.2 Å². The van der Waals surface area contributed by atoms with Crippen LogP contribution in [0.4, 0.5) is 5.13 Å². The summed E-state index contributed by atoms with van der Waals surface area (Å²) in [6.45, 7) is 9.34. The van der Waals surface area contributed by atoms with E-state index in [0.29, 0.717) is 5.92 Å². The van der Waals surface area contributed by atoms with Crippen LogP contribution in [0.5, 0.6) is 0 Å². The Morgan fingerprint density at radius 2 is 1.68 bits per heavy atom. The number of nitrogens with zero attached hydrogens (tertiary/aromatic N) is 1. The lowest BCUT2D eigenvalue weighted by Gasteiger charge is -2.18. The van der Waals surface area contributed by atoms with E-state index in [-0.39, 0.29) is 0 Å². The number of thiol groups is 1. The molecule has 0 fully saturated rings. The molecule has 2 unspecified atom stereocenters. The molecular formula is C21H34N2S2. The SMILES string of the molecule is CCCCC(C)Cc1ccc2sc(NS)nc2c1CC(C)CCCC. The van der Waals surface area contributed by atoms with E-state index in [1.165, 1.54) is 66.3 Å². The molecule has 0 saturated heterocycles. The zero-order valence-corrected chi connectivity index (χ0v) is 18.0. The Morgan fingerprint density at radius 3 is 2.28 bits per heavy atom. The molecule has 0 spiro atoms. The minimum absolute atomic E-state index is 0.712. The van der Waals surface area contributed by atoms with Crippen molar-refractivity contribution in [1.29, 1.82) is 0 Å². The molecule has 1 aromatic heterocycles. The van der Waals surface area contributed by atoms with Crippen LogP contribution in [0.15, 0.2) is 12.1 Å². The maximum atomic E-state index is 4.83. The van der Waals surface area contributed by atoms with Crippen molar-refractivity contribution in [2.75, 3.05) is 4.72 Å². The molecule has 0 aliphatic rings. The molecule has 4 heteroatoms. The van der Waals surface area contributed by atoms with Crippen LogP contribution in [0.1, 0.15) is 77.3 Å². The van der Waals surface area contributed by atoms with E-state index in [1.807, 2.05) is 0 Å². The molecule has 25 heavy (non-hydrogen) atoms. The second kappa shape index (κ2) is 10.4. The molecule has 0 amide bonds. The van der Waals surface area contributed by atoms with Crippen molar-refractivity contribution in [3.63, 3.8) is 0 Å². The van der Waals surface area contributed by atoms with E-state index in [9.17, 15) is 0 Å². The monoisotopic (exact) mass is 378 g/mol. The standard InChI is InChI=1S/C21H34N2S2/c1-5-7-9-15(3)13-17-11-12-19-20(22-21(23-24)25-19)18(17)14-16(4)10-8-6-2/h11-12,15-16,24H,5-10,13-14H2,1-4H3,(H,22,23). The molecule has 2 atom stereocenters. The number of rotatable bonds is 11. The first-order chi connectivity index (χ1) is 12.1. The highest BCUT2D eigenvalue weighted by atomic mass is 32.1. The average Bonchev–Trinajstić information content (AvgIpc) is 3.03. The van der Waals surface area contributed by atoms with E-state index < -0.39 is 0 Å². The third kappa shape index (κ3) is 5.89. The fourth-order valence-electron chi connectivity index (χ4n) is 3.59. The molecule has 0 aliphatic carbocycles. The molecule has 2 aromatic rings. The van der Waals surface area contributed by atoms with Gasteiger partial charge < -0.3 is 4.72 Å². The first kappa shape index (κ1) is 20.6. The maximum Gasteiger partial charge on any atom is 0.193 e. The molecule has 0 saturated carbocycles. The van der Waals surface area contributed by atoms with Crippen molar-refractivity contribution < 1.29 is 0 Å². The topological polar surface area (TPSA) is 24.9 Å². The molecular weight excluding hydrogens is 344 g/mol. The van der Waals surface area contributed by atoms with Crippen molar-refractivity contribution in [2.45, 2.75) is 79.1 Å².